The van der Waals surface area contributed by atoms with Crippen LogP contribution in [0.25, 0.3) is 5.69 Å². The Kier molecular flexibility index (Phi) is 4.32. The van der Waals surface area contributed by atoms with Gasteiger partial charge < -0.3 is 5.32 Å². The summed E-state index contributed by atoms with van der Waals surface area (Å²) in [5, 5.41) is 9.13. The summed E-state index contributed by atoms with van der Waals surface area (Å²) in [6, 6.07) is 16.2. The van der Waals surface area contributed by atoms with Crippen LogP contribution in [0.1, 0.15) is 47.6 Å². The molecule has 0 fully saturated rings. The van der Waals surface area contributed by atoms with Gasteiger partial charge in [0, 0.05) is 34.2 Å². The number of anilines is 1. The van der Waals surface area contributed by atoms with E-state index in [4.69, 9.17) is 16.7 Å². The Morgan fingerprint density at radius 3 is 2.48 bits per heavy atom. The Balaban J connectivity index is 1.74. The van der Waals surface area contributed by atoms with Crippen molar-refractivity contribution in [1.82, 2.24) is 9.78 Å². The van der Waals surface area contributed by atoms with Crippen LogP contribution in [0.3, 0.4) is 0 Å². The van der Waals surface area contributed by atoms with E-state index >= 15 is 0 Å². The van der Waals surface area contributed by atoms with Gasteiger partial charge in [0.15, 0.2) is 5.78 Å². The van der Waals surface area contributed by atoms with Crippen LogP contribution in [0, 0.1) is 13.8 Å². The number of nitrogens with zero attached hydrogens (tertiary/aromatic N) is 2. The number of ketones is 1. The summed E-state index contributed by atoms with van der Waals surface area (Å²) in [6.45, 7) is 4.10. The van der Waals surface area contributed by atoms with Gasteiger partial charge in [0.1, 0.15) is 5.82 Å². The van der Waals surface area contributed by atoms with Crippen molar-refractivity contribution in [2.75, 3.05) is 5.32 Å². The normalized spacial score (nSPS) is 18.3. The van der Waals surface area contributed by atoms with Crippen molar-refractivity contribution in [3.05, 3.63) is 87.2 Å². The lowest BCUT2D eigenvalue weighted by Crippen LogP contribution is -2.27. The Morgan fingerprint density at radius 2 is 1.76 bits per heavy atom. The lowest BCUT2D eigenvalue weighted by Gasteiger charge is -2.33. The number of fused-ring (bicyclic) bond motifs is 1. The number of aromatic nitrogens is 2. The van der Waals surface area contributed by atoms with Gasteiger partial charge in [-0.1, -0.05) is 41.4 Å². The molecule has 4 nitrogen and oxygen atoms in total. The minimum atomic E-state index is -0.120. The molecule has 0 saturated heterocycles. The number of hydrogen-bond donors (Lipinski definition) is 1. The van der Waals surface area contributed by atoms with Crippen molar-refractivity contribution >= 4 is 23.2 Å². The van der Waals surface area contributed by atoms with E-state index in [0.29, 0.717) is 11.4 Å². The van der Waals surface area contributed by atoms with Crippen LogP contribution < -0.4 is 5.32 Å². The number of Topliss-reactive ketones (excluding diaryl/α,β-unsaturated/α-hetero) is 1. The van der Waals surface area contributed by atoms with E-state index in [2.05, 4.69) is 36.5 Å². The zero-order valence-electron chi connectivity index (χ0n) is 16.5. The lowest BCUT2D eigenvalue weighted by molar-refractivity contribution is -0.116. The molecule has 0 bridgehead atoms. The molecule has 2 aromatic carbocycles. The van der Waals surface area contributed by atoms with E-state index in [9.17, 15) is 4.79 Å². The Bertz CT molecular complexity index is 1140. The molecule has 0 amide bonds. The Hall–Kier alpha value is -2.85. The first-order chi connectivity index (χ1) is 14.0. The minimum Gasteiger partial charge on any atom is -0.343 e. The molecule has 2 heterocycles. The summed E-state index contributed by atoms with van der Waals surface area (Å²) in [7, 11) is 0. The van der Waals surface area contributed by atoms with Gasteiger partial charge in [-0.15, -0.1) is 0 Å². The van der Waals surface area contributed by atoms with Crippen LogP contribution in [-0.2, 0) is 4.79 Å². The first-order valence-electron chi connectivity index (χ1n) is 9.98. The fraction of sp³-hybridized carbons (Fsp3) is 0.250. The lowest BCUT2D eigenvalue weighted by atomic mass is 9.76. The minimum absolute atomic E-state index is 0.120. The maximum atomic E-state index is 13.0. The summed E-state index contributed by atoms with van der Waals surface area (Å²) in [4.78, 5) is 13.0. The van der Waals surface area contributed by atoms with Crippen molar-refractivity contribution in [2.45, 2.75) is 39.0 Å². The third-order valence-electron chi connectivity index (χ3n) is 5.89. The molecule has 5 rings (SSSR count). The SMILES string of the molecule is Cc1ccc(-n2nc(C)c3c2NC2=C(C(=O)CCC2)[C@@H]3c2ccc(Cl)cc2)cc1. The van der Waals surface area contributed by atoms with Crippen molar-refractivity contribution in [3.63, 3.8) is 0 Å². The highest BCUT2D eigenvalue weighted by atomic mass is 35.5. The molecule has 146 valence electrons. The predicted molar refractivity (Wildman–Crippen MR) is 116 cm³/mol. The number of carbonyl (C=O) groups is 1. The molecule has 3 aromatic rings. The molecule has 29 heavy (non-hydrogen) atoms. The molecule has 1 atom stereocenters. The maximum absolute atomic E-state index is 13.0. The molecule has 0 unspecified atom stereocenters. The highest BCUT2D eigenvalue weighted by Gasteiger charge is 2.38. The van der Waals surface area contributed by atoms with Gasteiger partial charge in [0.2, 0.25) is 0 Å². The van der Waals surface area contributed by atoms with Crippen molar-refractivity contribution in [2.24, 2.45) is 0 Å². The van der Waals surface area contributed by atoms with Crippen LogP contribution >= 0.6 is 11.6 Å². The number of benzene rings is 2. The van der Waals surface area contributed by atoms with Crippen molar-refractivity contribution in [3.8, 4) is 5.69 Å². The third kappa shape index (κ3) is 2.99. The first kappa shape index (κ1) is 18.2. The first-order valence-corrected chi connectivity index (χ1v) is 10.4. The zero-order chi connectivity index (χ0) is 20.1. The van der Waals surface area contributed by atoms with Crippen LogP contribution in [0.15, 0.2) is 59.8 Å². The number of halogens is 1. The maximum Gasteiger partial charge on any atom is 0.161 e. The zero-order valence-corrected chi connectivity index (χ0v) is 17.3. The van der Waals surface area contributed by atoms with Gasteiger partial charge in [-0.25, -0.2) is 4.68 Å². The summed E-state index contributed by atoms with van der Waals surface area (Å²) >= 11 is 6.14. The predicted octanol–water partition coefficient (Wildman–Crippen LogP) is 5.71. The second-order valence-electron chi connectivity index (χ2n) is 7.87. The van der Waals surface area contributed by atoms with Gasteiger partial charge >= 0.3 is 0 Å². The monoisotopic (exact) mass is 403 g/mol. The topological polar surface area (TPSA) is 46.9 Å². The highest BCUT2D eigenvalue weighted by Crippen LogP contribution is 2.47. The fourth-order valence-electron chi connectivity index (χ4n) is 4.48. The van der Waals surface area contributed by atoms with Crippen LogP contribution in [0.4, 0.5) is 5.82 Å². The average molecular weight is 404 g/mol. The number of hydrogen-bond acceptors (Lipinski definition) is 3. The molecule has 1 aromatic heterocycles. The van der Waals surface area contributed by atoms with E-state index < -0.39 is 0 Å². The van der Waals surface area contributed by atoms with Crippen LogP contribution in [-0.4, -0.2) is 15.6 Å². The quantitative estimate of drug-likeness (QED) is 0.596. The second kappa shape index (κ2) is 6.89. The Labute approximate surface area is 175 Å². The number of carbonyl (C=O) groups excluding carboxylic acids is 1. The summed E-state index contributed by atoms with van der Waals surface area (Å²) in [6.07, 6.45) is 2.36. The summed E-state index contributed by atoms with van der Waals surface area (Å²) in [5.41, 5.74) is 7.21. The smallest absolute Gasteiger partial charge is 0.161 e. The number of nitrogens with one attached hydrogen (secondary N) is 1. The third-order valence-corrected chi connectivity index (χ3v) is 6.14. The standard InChI is InChI=1S/C24H22ClN3O/c1-14-6-12-18(13-7-14)28-24-21(15(2)27-28)22(16-8-10-17(25)11-9-16)23-19(26-24)4-3-5-20(23)29/h6-13,22,26H,3-5H2,1-2H3/t22-/m1/s1. The van der Waals surface area contributed by atoms with Gasteiger partial charge in [-0.2, -0.15) is 5.10 Å². The largest absolute Gasteiger partial charge is 0.343 e. The van der Waals surface area contributed by atoms with Gasteiger partial charge in [0.05, 0.1) is 11.4 Å². The van der Waals surface area contributed by atoms with E-state index in [1.54, 1.807) is 0 Å². The molecule has 1 N–H and O–H groups in total. The molecule has 0 radical (unpaired) electrons. The molecule has 5 heteroatoms. The fourth-order valence-corrected chi connectivity index (χ4v) is 4.61. The molecule has 1 aliphatic heterocycles. The molecular formula is C24H22ClN3O. The second-order valence-corrected chi connectivity index (χ2v) is 8.31. The summed E-state index contributed by atoms with van der Waals surface area (Å²) < 4.78 is 1.97. The van der Waals surface area contributed by atoms with Crippen molar-refractivity contribution in [1.29, 1.82) is 0 Å². The molecule has 0 spiro atoms. The summed E-state index contributed by atoms with van der Waals surface area (Å²) in [5.74, 6) is 1.07. The van der Waals surface area contributed by atoms with Crippen molar-refractivity contribution < 1.29 is 4.79 Å². The number of rotatable bonds is 2. The molecular weight excluding hydrogens is 382 g/mol. The van der Waals surface area contributed by atoms with Crippen LogP contribution in [0.5, 0.6) is 0 Å². The van der Waals surface area contributed by atoms with E-state index in [1.165, 1.54) is 5.56 Å². The highest BCUT2D eigenvalue weighted by molar-refractivity contribution is 6.30. The average Bonchev–Trinajstić information content (AvgIpc) is 3.04. The van der Waals surface area contributed by atoms with Gasteiger partial charge in [-0.3, -0.25) is 4.79 Å². The molecule has 2 aliphatic rings. The number of aryl methyl sites for hydroxylation is 2. The van der Waals surface area contributed by atoms with Crippen LogP contribution in [0.2, 0.25) is 5.02 Å². The van der Waals surface area contributed by atoms with Gasteiger partial charge in [0.25, 0.3) is 0 Å². The number of allylic oxidation sites excluding steroid dienone is 2. The molecule has 1 aliphatic carbocycles. The molecule has 0 saturated carbocycles. The van der Waals surface area contributed by atoms with Gasteiger partial charge in [-0.05, 0) is 56.5 Å². The van der Waals surface area contributed by atoms with E-state index in [-0.39, 0.29) is 11.7 Å². The Morgan fingerprint density at radius 1 is 1.03 bits per heavy atom. The van der Waals surface area contributed by atoms with E-state index in [0.717, 1.165) is 52.4 Å². The van der Waals surface area contributed by atoms with E-state index in [1.807, 2.05) is 35.9 Å².